The van der Waals surface area contributed by atoms with Crippen LogP contribution in [0.25, 0.3) is 11.0 Å². The number of aromatic nitrogens is 2. The Kier molecular flexibility index (Phi) is 2.98. The highest BCUT2D eigenvalue weighted by atomic mass is 16.2. The Morgan fingerprint density at radius 1 is 1.24 bits per heavy atom. The van der Waals surface area contributed by atoms with E-state index in [0.29, 0.717) is 29.4 Å². The zero-order valence-corrected chi connectivity index (χ0v) is 11.5. The second-order valence-electron chi connectivity index (χ2n) is 5.26. The van der Waals surface area contributed by atoms with Gasteiger partial charge in [-0.25, -0.2) is 4.79 Å². The summed E-state index contributed by atoms with van der Waals surface area (Å²) in [5, 5.41) is 8.95. The van der Waals surface area contributed by atoms with Crippen LogP contribution in [0.1, 0.15) is 30.9 Å². The van der Waals surface area contributed by atoms with Crippen LogP contribution in [0.4, 0.5) is 0 Å². The first-order valence-corrected chi connectivity index (χ1v) is 6.68. The average Bonchev–Trinajstić information content (AvgIpc) is 2.71. The fourth-order valence-electron chi connectivity index (χ4n) is 2.87. The quantitative estimate of drug-likeness (QED) is 0.733. The van der Waals surface area contributed by atoms with E-state index in [1.165, 1.54) is 9.13 Å². The first-order valence-electron chi connectivity index (χ1n) is 6.68. The van der Waals surface area contributed by atoms with Crippen LogP contribution in [0, 0.1) is 11.3 Å². The smallest absolute Gasteiger partial charge is 0.299 e. The number of Topliss-reactive ketones (excluding diaryl/α,β-unsaturated/α-hetero) is 2. The number of hydrogen-bond donors (Lipinski definition) is 0. The molecule has 106 valence electrons. The number of nitrogens with zero attached hydrogens (tertiary/aromatic N) is 3. The van der Waals surface area contributed by atoms with Gasteiger partial charge in [0.2, 0.25) is 0 Å². The lowest BCUT2D eigenvalue weighted by molar-refractivity contribution is -0.132. The molecule has 1 saturated carbocycles. The number of nitriles is 1. The molecule has 0 N–H and O–H groups in total. The Labute approximate surface area is 120 Å². The maximum absolute atomic E-state index is 12.4. The number of carbonyl (C=O) groups excluding carboxylic acids is 2. The van der Waals surface area contributed by atoms with Crippen molar-refractivity contribution in [2.45, 2.75) is 25.3 Å². The summed E-state index contributed by atoms with van der Waals surface area (Å²) in [4.78, 5) is 35.8. The molecule has 0 spiro atoms. The van der Waals surface area contributed by atoms with Crippen molar-refractivity contribution in [2.75, 3.05) is 0 Å². The number of benzene rings is 1. The highest BCUT2D eigenvalue weighted by Crippen LogP contribution is 2.26. The fourth-order valence-corrected chi connectivity index (χ4v) is 2.87. The van der Waals surface area contributed by atoms with Crippen LogP contribution in [0.5, 0.6) is 0 Å². The van der Waals surface area contributed by atoms with E-state index in [-0.39, 0.29) is 23.7 Å². The van der Waals surface area contributed by atoms with Crippen LogP contribution in [-0.2, 0) is 16.6 Å². The third-order valence-corrected chi connectivity index (χ3v) is 3.97. The Morgan fingerprint density at radius 2 is 2.00 bits per heavy atom. The fraction of sp³-hybridized carbons (Fsp3) is 0.333. The summed E-state index contributed by atoms with van der Waals surface area (Å²) in [7, 11) is 1.61. The van der Waals surface area contributed by atoms with Gasteiger partial charge in [-0.05, 0) is 24.6 Å². The van der Waals surface area contributed by atoms with Gasteiger partial charge in [0.25, 0.3) is 0 Å². The molecule has 3 rings (SSSR count). The van der Waals surface area contributed by atoms with Crippen LogP contribution >= 0.6 is 0 Å². The van der Waals surface area contributed by atoms with Crippen molar-refractivity contribution in [3.63, 3.8) is 0 Å². The van der Waals surface area contributed by atoms with E-state index in [9.17, 15) is 14.4 Å². The molecule has 0 aliphatic heterocycles. The zero-order valence-electron chi connectivity index (χ0n) is 11.5. The second kappa shape index (κ2) is 4.70. The summed E-state index contributed by atoms with van der Waals surface area (Å²) in [6.07, 6.45) is 0.565. The molecule has 21 heavy (non-hydrogen) atoms. The van der Waals surface area contributed by atoms with E-state index in [2.05, 4.69) is 0 Å². The average molecular weight is 283 g/mol. The topological polar surface area (TPSA) is 84.9 Å². The first kappa shape index (κ1) is 13.3. The van der Waals surface area contributed by atoms with Crippen LogP contribution in [-0.4, -0.2) is 20.7 Å². The minimum Gasteiger partial charge on any atom is -0.299 e. The minimum absolute atomic E-state index is 0.0729. The summed E-state index contributed by atoms with van der Waals surface area (Å²) in [6, 6.07) is 6.37. The number of fused-ring (bicyclic) bond motifs is 1. The highest BCUT2D eigenvalue weighted by molar-refractivity contribution is 6.03. The molecule has 1 aromatic carbocycles. The van der Waals surface area contributed by atoms with Gasteiger partial charge in [-0.3, -0.25) is 18.7 Å². The molecule has 2 aromatic rings. The standard InChI is InChI=1S/C15H13N3O3/c1-17-13-6-9(8-16)2-4-11(13)18(15(17)21)12-5-3-10(19)7-14(12)20/h2,4,6,12H,3,5,7H2,1H3. The van der Waals surface area contributed by atoms with E-state index in [1.54, 1.807) is 25.2 Å². The van der Waals surface area contributed by atoms with Gasteiger partial charge in [0.1, 0.15) is 5.78 Å². The zero-order chi connectivity index (χ0) is 15.1. The van der Waals surface area contributed by atoms with Gasteiger partial charge in [-0.1, -0.05) is 0 Å². The number of imidazole rings is 1. The normalized spacial score (nSPS) is 19.0. The number of hydrogen-bond acceptors (Lipinski definition) is 4. The Bertz CT molecular complexity index is 867. The third-order valence-electron chi connectivity index (χ3n) is 3.97. The van der Waals surface area contributed by atoms with Crippen molar-refractivity contribution in [3.8, 4) is 6.07 Å². The molecular formula is C15H13N3O3. The van der Waals surface area contributed by atoms with Crippen LogP contribution in [0.3, 0.4) is 0 Å². The third kappa shape index (κ3) is 1.98. The van der Waals surface area contributed by atoms with Crippen LogP contribution in [0.2, 0.25) is 0 Å². The number of carbonyl (C=O) groups is 2. The van der Waals surface area contributed by atoms with E-state index in [4.69, 9.17) is 5.26 Å². The van der Waals surface area contributed by atoms with E-state index in [1.807, 2.05) is 6.07 Å². The van der Waals surface area contributed by atoms with Gasteiger partial charge in [0, 0.05) is 13.5 Å². The SMILES string of the molecule is Cn1c(=O)n(C2CCC(=O)CC2=O)c2ccc(C#N)cc21. The van der Waals surface area contributed by atoms with Gasteiger partial charge >= 0.3 is 5.69 Å². The Morgan fingerprint density at radius 3 is 2.67 bits per heavy atom. The molecule has 1 aliphatic carbocycles. The van der Waals surface area contributed by atoms with Crippen molar-refractivity contribution in [3.05, 3.63) is 34.2 Å². The predicted molar refractivity (Wildman–Crippen MR) is 74.8 cm³/mol. The summed E-state index contributed by atoms with van der Waals surface area (Å²) < 4.78 is 2.88. The van der Waals surface area contributed by atoms with Gasteiger partial charge < -0.3 is 0 Å². The van der Waals surface area contributed by atoms with Crippen molar-refractivity contribution in [1.29, 1.82) is 5.26 Å². The summed E-state index contributed by atoms with van der Waals surface area (Å²) in [6.45, 7) is 0. The number of rotatable bonds is 1. The maximum atomic E-state index is 12.4. The molecule has 1 unspecified atom stereocenters. The molecular weight excluding hydrogens is 270 g/mol. The predicted octanol–water partition coefficient (Wildman–Crippen LogP) is 1.07. The lowest BCUT2D eigenvalue weighted by Gasteiger charge is -2.21. The van der Waals surface area contributed by atoms with E-state index >= 15 is 0 Å². The minimum atomic E-state index is -0.591. The molecule has 0 radical (unpaired) electrons. The lowest BCUT2D eigenvalue weighted by atomic mass is 9.93. The van der Waals surface area contributed by atoms with Crippen LogP contribution < -0.4 is 5.69 Å². The first-order chi connectivity index (χ1) is 10.0. The lowest BCUT2D eigenvalue weighted by Crippen LogP contribution is -2.34. The van der Waals surface area contributed by atoms with E-state index < -0.39 is 6.04 Å². The van der Waals surface area contributed by atoms with Crippen molar-refractivity contribution >= 4 is 22.6 Å². The van der Waals surface area contributed by atoms with Gasteiger partial charge in [0.15, 0.2) is 5.78 Å². The van der Waals surface area contributed by atoms with Crippen molar-refractivity contribution in [1.82, 2.24) is 9.13 Å². The number of ketones is 2. The molecule has 1 aliphatic rings. The molecule has 0 saturated heterocycles. The summed E-state index contributed by atoms with van der Waals surface area (Å²) in [5.74, 6) is -0.290. The van der Waals surface area contributed by atoms with Crippen LogP contribution in [0.15, 0.2) is 23.0 Å². The van der Waals surface area contributed by atoms with Gasteiger partial charge in [0.05, 0.1) is 35.1 Å². The molecule has 6 nitrogen and oxygen atoms in total. The van der Waals surface area contributed by atoms with Crippen molar-refractivity contribution in [2.24, 2.45) is 7.05 Å². The number of aryl methyl sites for hydroxylation is 1. The largest absolute Gasteiger partial charge is 0.329 e. The Balaban J connectivity index is 2.22. The molecule has 6 heteroatoms. The molecule has 1 atom stereocenters. The van der Waals surface area contributed by atoms with Gasteiger partial charge in [-0.2, -0.15) is 5.26 Å². The highest BCUT2D eigenvalue weighted by Gasteiger charge is 2.31. The monoisotopic (exact) mass is 283 g/mol. The summed E-state index contributed by atoms with van der Waals surface area (Å²) >= 11 is 0. The molecule has 0 bridgehead atoms. The molecule has 1 heterocycles. The molecule has 1 aromatic heterocycles. The van der Waals surface area contributed by atoms with Crippen molar-refractivity contribution < 1.29 is 9.59 Å². The maximum Gasteiger partial charge on any atom is 0.329 e. The molecule has 0 amide bonds. The van der Waals surface area contributed by atoms with E-state index in [0.717, 1.165) is 0 Å². The molecule has 1 fully saturated rings. The Hall–Kier alpha value is -2.68. The second-order valence-corrected chi connectivity index (χ2v) is 5.26. The summed E-state index contributed by atoms with van der Waals surface area (Å²) in [5.41, 5.74) is 1.39. The van der Waals surface area contributed by atoms with Gasteiger partial charge in [-0.15, -0.1) is 0 Å².